The highest BCUT2D eigenvalue weighted by Gasteiger charge is 2.35. The van der Waals surface area contributed by atoms with Crippen LogP contribution in [0, 0.1) is 0 Å². The van der Waals surface area contributed by atoms with Gasteiger partial charge in [-0.1, -0.05) is 141 Å². The lowest BCUT2D eigenvalue weighted by Gasteiger charge is -2.28. The summed E-state index contributed by atoms with van der Waals surface area (Å²) < 4.78 is 6.76. The Kier molecular flexibility index (Phi) is 6.60. The van der Waals surface area contributed by atoms with Crippen molar-refractivity contribution in [2.45, 2.75) is 19.3 Å². The van der Waals surface area contributed by atoms with E-state index in [4.69, 9.17) is 4.42 Å². The largest absolute Gasteiger partial charge is 0.455 e. The van der Waals surface area contributed by atoms with E-state index < -0.39 is 0 Å². The number of aromatic nitrogens is 1. The van der Waals surface area contributed by atoms with E-state index >= 15 is 0 Å². The molecule has 2 heterocycles. The molecule has 8 aromatic carbocycles. The van der Waals surface area contributed by atoms with E-state index in [9.17, 15) is 0 Å². The van der Waals surface area contributed by atoms with Crippen LogP contribution in [0.15, 0.2) is 180 Å². The number of nitrogens with one attached hydrogen (secondary N) is 1. The van der Waals surface area contributed by atoms with Gasteiger partial charge in [-0.15, -0.1) is 0 Å². The summed E-state index contributed by atoms with van der Waals surface area (Å²) in [6.07, 6.45) is 0. The molecule has 0 unspecified atom stereocenters. The topological polar surface area (TPSA) is 32.2 Å². The minimum atomic E-state index is -0.111. The molecule has 1 aliphatic rings. The van der Waals surface area contributed by atoms with Crippen molar-refractivity contribution in [3.8, 4) is 33.4 Å². The van der Waals surface area contributed by atoms with Gasteiger partial charge in [0.1, 0.15) is 11.2 Å². The molecule has 0 saturated heterocycles. The zero-order valence-corrected chi connectivity index (χ0v) is 30.1. The smallest absolute Gasteiger partial charge is 0.143 e. The maximum absolute atomic E-state index is 6.76. The molecule has 1 aliphatic carbocycles. The fourth-order valence-electron chi connectivity index (χ4n) is 8.95. The van der Waals surface area contributed by atoms with Crippen molar-refractivity contribution in [3.63, 3.8) is 0 Å². The molecule has 54 heavy (non-hydrogen) atoms. The number of para-hydroxylation sites is 3. The van der Waals surface area contributed by atoms with Gasteiger partial charge in [-0.25, -0.2) is 0 Å². The van der Waals surface area contributed by atoms with Crippen LogP contribution in [0.1, 0.15) is 25.0 Å². The Labute approximate surface area is 313 Å². The first-order valence-electron chi connectivity index (χ1n) is 18.7. The number of H-pyrrole nitrogens is 1. The van der Waals surface area contributed by atoms with E-state index in [0.717, 1.165) is 61.2 Å². The van der Waals surface area contributed by atoms with Crippen LogP contribution < -0.4 is 4.90 Å². The summed E-state index contributed by atoms with van der Waals surface area (Å²) in [6, 6.07) is 63.5. The summed E-state index contributed by atoms with van der Waals surface area (Å²) in [5, 5.41) is 4.63. The number of furan rings is 1. The predicted octanol–water partition coefficient (Wildman–Crippen LogP) is 14.3. The van der Waals surface area contributed by atoms with Crippen LogP contribution >= 0.6 is 0 Å². The highest BCUT2D eigenvalue weighted by Crippen LogP contribution is 2.51. The monoisotopic (exact) mass is 692 g/mol. The van der Waals surface area contributed by atoms with E-state index in [2.05, 4.69) is 200 Å². The number of hydrogen-bond donors (Lipinski definition) is 1. The second-order valence-corrected chi connectivity index (χ2v) is 15.0. The highest BCUT2D eigenvalue weighted by molar-refractivity contribution is 6.16. The normalized spacial score (nSPS) is 13.1. The molecule has 0 amide bonds. The van der Waals surface area contributed by atoms with Crippen LogP contribution in [-0.4, -0.2) is 4.98 Å². The van der Waals surface area contributed by atoms with Crippen LogP contribution in [0.3, 0.4) is 0 Å². The van der Waals surface area contributed by atoms with Crippen molar-refractivity contribution >= 4 is 60.8 Å². The average molecular weight is 693 g/mol. The van der Waals surface area contributed by atoms with Crippen molar-refractivity contribution in [1.29, 1.82) is 0 Å². The van der Waals surface area contributed by atoms with Gasteiger partial charge in [-0.05, 0) is 81.9 Å². The Bertz CT molecular complexity index is 3070. The van der Waals surface area contributed by atoms with Crippen molar-refractivity contribution in [2.24, 2.45) is 0 Å². The molecule has 0 spiro atoms. The summed E-state index contributed by atoms with van der Waals surface area (Å²) in [5.41, 5.74) is 17.2. The molecule has 0 atom stereocenters. The fourth-order valence-corrected chi connectivity index (χ4v) is 8.95. The van der Waals surface area contributed by atoms with Crippen LogP contribution in [0.2, 0.25) is 0 Å². The Morgan fingerprint density at radius 2 is 1.07 bits per heavy atom. The summed E-state index contributed by atoms with van der Waals surface area (Å²) in [4.78, 5) is 6.09. The number of nitrogens with zero attached hydrogens (tertiary/aromatic N) is 1. The van der Waals surface area contributed by atoms with Gasteiger partial charge in [0, 0.05) is 60.7 Å². The second-order valence-electron chi connectivity index (χ2n) is 15.0. The Hall–Kier alpha value is -6.84. The van der Waals surface area contributed by atoms with Crippen LogP contribution in [0.25, 0.3) is 77.1 Å². The summed E-state index contributed by atoms with van der Waals surface area (Å²) in [5.74, 6) is 0. The Morgan fingerprint density at radius 3 is 1.94 bits per heavy atom. The lowest BCUT2D eigenvalue weighted by molar-refractivity contribution is 0.660. The molecule has 3 nitrogen and oxygen atoms in total. The number of benzene rings is 8. The minimum Gasteiger partial charge on any atom is -0.455 e. The minimum absolute atomic E-state index is 0.111. The Balaban J connectivity index is 1.08. The quantitative estimate of drug-likeness (QED) is 0.195. The molecule has 0 saturated carbocycles. The summed E-state index contributed by atoms with van der Waals surface area (Å²) in [6.45, 7) is 4.69. The van der Waals surface area contributed by atoms with E-state index in [1.54, 1.807) is 0 Å². The van der Waals surface area contributed by atoms with E-state index in [1.807, 2.05) is 0 Å². The number of fused-ring (bicyclic) bond motifs is 9. The van der Waals surface area contributed by atoms with Gasteiger partial charge in [0.15, 0.2) is 0 Å². The molecule has 256 valence electrons. The van der Waals surface area contributed by atoms with Crippen LogP contribution in [0.4, 0.5) is 17.1 Å². The molecule has 3 heteroatoms. The maximum atomic E-state index is 6.76. The first-order valence-corrected chi connectivity index (χ1v) is 18.7. The zero-order chi connectivity index (χ0) is 36.0. The van der Waals surface area contributed by atoms with Crippen molar-refractivity contribution in [3.05, 3.63) is 187 Å². The zero-order valence-electron chi connectivity index (χ0n) is 30.1. The number of rotatable bonds is 5. The van der Waals surface area contributed by atoms with E-state index in [-0.39, 0.29) is 5.41 Å². The first kappa shape index (κ1) is 30.8. The molecule has 0 fully saturated rings. The third-order valence-electron chi connectivity index (χ3n) is 11.6. The summed E-state index contributed by atoms with van der Waals surface area (Å²) >= 11 is 0. The average Bonchev–Trinajstić information content (AvgIpc) is 3.86. The predicted molar refractivity (Wildman–Crippen MR) is 226 cm³/mol. The van der Waals surface area contributed by atoms with Crippen molar-refractivity contribution in [2.75, 3.05) is 4.90 Å². The summed E-state index contributed by atoms with van der Waals surface area (Å²) in [7, 11) is 0. The van der Waals surface area contributed by atoms with E-state index in [0.29, 0.717) is 0 Å². The van der Waals surface area contributed by atoms with Gasteiger partial charge in [0.05, 0.1) is 5.52 Å². The van der Waals surface area contributed by atoms with Gasteiger partial charge in [-0.2, -0.15) is 0 Å². The molecular weight excluding hydrogens is 657 g/mol. The molecule has 0 radical (unpaired) electrons. The molecule has 10 aromatic rings. The lowest BCUT2D eigenvalue weighted by atomic mass is 9.82. The molecule has 11 rings (SSSR count). The standard InChI is InChI=1S/C51H36N2O/c1-51(2)45-20-8-6-14-37(45)38-28-26-36(31-46(38)51)53(34-24-22-33(23-25-34)32-12-4-3-5-13-32)35-27-29-48-44(30-35)43-19-11-18-42(50(43)54-48)41-17-10-16-40-39-15-7-9-21-47(39)52-49(40)41/h3-31,52H,1-2H3. The molecule has 0 bridgehead atoms. The SMILES string of the molecule is CC1(C)c2ccccc2-c2ccc(N(c3ccc(-c4ccccc4)cc3)c3ccc4oc5c(-c6cccc7c6[nH]c6ccccc67)cccc5c4c3)cc21. The van der Waals surface area contributed by atoms with Gasteiger partial charge in [0.25, 0.3) is 0 Å². The second kappa shape index (κ2) is 11.6. The Morgan fingerprint density at radius 1 is 0.444 bits per heavy atom. The van der Waals surface area contributed by atoms with Crippen LogP contribution in [-0.2, 0) is 5.41 Å². The van der Waals surface area contributed by atoms with Crippen molar-refractivity contribution in [1.82, 2.24) is 4.98 Å². The number of anilines is 3. The lowest BCUT2D eigenvalue weighted by Crippen LogP contribution is -2.16. The van der Waals surface area contributed by atoms with Gasteiger partial charge in [-0.3, -0.25) is 0 Å². The highest BCUT2D eigenvalue weighted by atomic mass is 16.3. The number of hydrogen-bond acceptors (Lipinski definition) is 2. The van der Waals surface area contributed by atoms with Crippen molar-refractivity contribution < 1.29 is 4.42 Å². The van der Waals surface area contributed by atoms with Gasteiger partial charge >= 0.3 is 0 Å². The maximum Gasteiger partial charge on any atom is 0.143 e. The third-order valence-corrected chi connectivity index (χ3v) is 11.6. The molecular formula is C51H36N2O. The molecule has 1 N–H and O–H groups in total. The van der Waals surface area contributed by atoms with Gasteiger partial charge < -0.3 is 14.3 Å². The van der Waals surface area contributed by atoms with Gasteiger partial charge in [0.2, 0.25) is 0 Å². The van der Waals surface area contributed by atoms with E-state index in [1.165, 1.54) is 44.2 Å². The molecule has 2 aromatic heterocycles. The third kappa shape index (κ3) is 4.55. The molecule has 0 aliphatic heterocycles. The van der Waals surface area contributed by atoms with Crippen LogP contribution in [0.5, 0.6) is 0 Å². The fraction of sp³-hybridized carbons (Fsp3) is 0.0588. The number of aromatic amines is 1. The first-order chi connectivity index (χ1) is 26.5.